The zero-order valence-electron chi connectivity index (χ0n) is 16.7. The van der Waals surface area contributed by atoms with Gasteiger partial charge in [-0.1, -0.05) is 73.7 Å². The van der Waals surface area contributed by atoms with Crippen LogP contribution in [0.5, 0.6) is 5.75 Å². The van der Waals surface area contributed by atoms with E-state index in [2.05, 4.69) is 5.32 Å². The van der Waals surface area contributed by atoms with Crippen LogP contribution in [0.25, 0.3) is 10.8 Å². The molecule has 3 amide bonds. The number of β-amino-alcohol motifs (C(OH)–C–C–N with tert-alkyl or cyclic N) is 1. The number of imide groups is 1. The first-order valence-electron chi connectivity index (χ1n) is 10.0. The van der Waals surface area contributed by atoms with E-state index in [4.69, 9.17) is 4.74 Å². The van der Waals surface area contributed by atoms with Crippen molar-refractivity contribution in [2.75, 3.05) is 13.2 Å². The minimum atomic E-state index is -1.10. The molecule has 3 aromatic rings. The maximum absolute atomic E-state index is 13.1. The molecule has 2 unspecified atom stereocenters. The maximum atomic E-state index is 13.1. The second kappa shape index (κ2) is 8.16. The maximum Gasteiger partial charge on any atom is 0.325 e. The molecule has 1 saturated heterocycles. The molecule has 0 radical (unpaired) electrons. The van der Waals surface area contributed by atoms with Gasteiger partial charge in [0.1, 0.15) is 24.0 Å². The summed E-state index contributed by atoms with van der Waals surface area (Å²) in [5.41, 5.74) is -0.371. The number of rotatable bonds is 7. The van der Waals surface area contributed by atoms with Crippen LogP contribution in [0.2, 0.25) is 0 Å². The number of amides is 3. The Morgan fingerprint density at radius 2 is 1.70 bits per heavy atom. The van der Waals surface area contributed by atoms with Crippen LogP contribution < -0.4 is 10.1 Å². The fourth-order valence-corrected chi connectivity index (χ4v) is 3.92. The van der Waals surface area contributed by atoms with E-state index in [1.807, 2.05) is 79.7 Å². The van der Waals surface area contributed by atoms with Crippen molar-refractivity contribution in [1.29, 1.82) is 0 Å². The molecule has 3 aromatic carbocycles. The highest BCUT2D eigenvalue weighted by Gasteiger charge is 2.51. The third-order valence-corrected chi connectivity index (χ3v) is 5.55. The molecule has 1 aliphatic heterocycles. The van der Waals surface area contributed by atoms with E-state index in [0.29, 0.717) is 12.2 Å². The first-order chi connectivity index (χ1) is 14.5. The lowest BCUT2D eigenvalue weighted by Gasteiger charge is -2.26. The average molecular weight is 404 g/mol. The average Bonchev–Trinajstić information content (AvgIpc) is 3.03. The molecule has 1 fully saturated rings. The summed E-state index contributed by atoms with van der Waals surface area (Å²) >= 11 is 0. The molecule has 0 saturated carbocycles. The van der Waals surface area contributed by atoms with Crippen LogP contribution in [0.15, 0.2) is 72.8 Å². The Morgan fingerprint density at radius 3 is 2.47 bits per heavy atom. The summed E-state index contributed by atoms with van der Waals surface area (Å²) in [7, 11) is 0. The van der Waals surface area contributed by atoms with Crippen LogP contribution in [-0.4, -0.2) is 41.2 Å². The lowest BCUT2D eigenvalue weighted by molar-refractivity contribution is -0.132. The largest absolute Gasteiger partial charge is 0.490 e. The number of hydrogen-bond acceptors (Lipinski definition) is 4. The number of nitrogens with zero attached hydrogens (tertiary/aromatic N) is 1. The molecule has 1 heterocycles. The highest BCUT2D eigenvalue weighted by atomic mass is 16.5. The van der Waals surface area contributed by atoms with E-state index in [0.717, 1.165) is 21.2 Å². The number of fused-ring (bicyclic) bond motifs is 1. The van der Waals surface area contributed by atoms with Gasteiger partial charge in [0.25, 0.3) is 5.91 Å². The lowest BCUT2D eigenvalue weighted by Crippen LogP contribution is -2.44. The number of ether oxygens (including phenoxy) is 1. The Balaban J connectivity index is 1.46. The van der Waals surface area contributed by atoms with Gasteiger partial charge in [0.2, 0.25) is 0 Å². The molecule has 0 aliphatic carbocycles. The standard InChI is InChI=1S/C24H24N2O4/c1-2-24(18-11-4-3-5-12-18)22(28)26(23(29)25-24)15-19(27)16-30-21-14-8-10-17-9-6-7-13-20(17)21/h3-14,19,27H,2,15-16H2,1H3,(H,25,29). The van der Waals surface area contributed by atoms with E-state index >= 15 is 0 Å². The third-order valence-electron chi connectivity index (χ3n) is 5.55. The summed E-state index contributed by atoms with van der Waals surface area (Å²) in [5.74, 6) is 0.293. The molecule has 2 N–H and O–H groups in total. The number of aliphatic hydroxyl groups is 1. The summed E-state index contributed by atoms with van der Waals surface area (Å²) in [6.07, 6.45) is -0.595. The Morgan fingerprint density at radius 1 is 1.00 bits per heavy atom. The second-order valence-electron chi connectivity index (χ2n) is 7.41. The van der Waals surface area contributed by atoms with Crippen molar-refractivity contribution in [3.8, 4) is 5.75 Å². The van der Waals surface area contributed by atoms with Crippen molar-refractivity contribution in [3.05, 3.63) is 78.4 Å². The second-order valence-corrected chi connectivity index (χ2v) is 7.41. The topological polar surface area (TPSA) is 78.9 Å². The quantitative estimate of drug-likeness (QED) is 0.592. The molecule has 154 valence electrons. The molecular weight excluding hydrogens is 380 g/mol. The van der Waals surface area contributed by atoms with Crippen molar-refractivity contribution in [2.24, 2.45) is 0 Å². The van der Waals surface area contributed by atoms with Gasteiger partial charge in [0.05, 0.1) is 6.54 Å². The van der Waals surface area contributed by atoms with E-state index in [1.54, 1.807) is 0 Å². The summed E-state index contributed by atoms with van der Waals surface area (Å²) in [5, 5.41) is 15.3. The van der Waals surface area contributed by atoms with Crippen LogP contribution in [0, 0.1) is 0 Å². The molecule has 6 heteroatoms. The van der Waals surface area contributed by atoms with Gasteiger partial charge in [-0.3, -0.25) is 9.69 Å². The summed E-state index contributed by atoms with van der Waals surface area (Å²) in [4.78, 5) is 26.8. The fraction of sp³-hybridized carbons (Fsp3) is 0.250. The Kier molecular flexibility index (Phi) is 5.42. The van der Waals surface area contributed by atoms with E-state index in [9.17, 15) is 14.7 Å². The van der Waals surface area contributed by atoms with Crippen molar-refractivity contribution >= 4 is 22.7 Å². The van der Waals surface area contributed by atoms with Gasteiger partial charge in [-0.2, -0.15) is 0 Å². The number of carbonyl (C=O) groups is 2. The number of urea groups is 1. The van der Waals surface area contributed by atoms with E-state index in [-0.39, 0.29) is 19.1 Å². The molecule has 4 rings (SSSR count). The van der Waals surface area contributed by atoms with Crippen LogP contribution >= 0.6 is 0 Å². The van der Waals surface area contributed by atoms with Crippen molar-refractivity contribution in [1.82, 2.24) is 10.2 Å². The van der Waals surface area contributed by atoms with Gasteiger partial charge in [-0.15, -0.1) is 0 Å². The van der Waals surface area contributed by atoms with Gasteiger partial charge in [-0.05, 0) is 23.4 Å². The van der Waals surface area contributed by atoms with Crippen molar-refractivity contribution in [3.63, 3.8) is 0 Å². The predicted octanol–water partition coefficient (Wildman–Crippen LogP) is 3.44. The van der Waals surface area contributed by atoms with Crippen molar-refractivity contribution < 1.29 is 19.4 Å². The summed E-state index contributed by atoms with van der Waals surface area (Å²) < 4.78 is 5.81. The van der Waals surface area contributed by atoms with Gasteiger partial charge in [0, 0.05) is 5.39 Å². The number of carbonyl (C=O) groups excluding carboxylic acids is 2. The molecule has 30 heavy (non-hydrogen) atoms. The van der Waals surface area contributed by atoms with E-state index < -0.39 is 17.7 Å². The molecule has 2 atom stereocenters. The smallest absolute Gasteiger partial charge is 0.325 e. The zero-order valence-corrected chi connectivity index (χ0v) is 16.7. The zero-order chi connectivity index (χ0) is 21.1. The predicted molar refractivity (Wildman–Crippen MR) is 114 cm³/mol. The Bertz CT molecular complexity index is 1060. The molecule has 0 bridgehead atoms. The Labute approximate surface area is 175 Å². The molecule has 0 aromatic heterocycles. The van der Waals surface area contributed by atoms with Gasteiger partial charge >= 0.3 is 6.03 Å². The van der Waals surface area contributed by atoms with Crippen molar-refractivity contribution in [2.45, 2.75) is 25.0 Å². The SMILES string of the molecule is CCC1(c2ccccc2)NC(=O)N(CC(O)COc2cccc3ccccc23)C1=O. The lowest BCUT2D eigenvalue weighted by atomic mass is 9.87. The molecular formula is C24H24N2O4. The minimum absolute atomic E-state index is 0.0322. The molecule has 1 aliphatic rings. The van der Waals surface area contributed by atoms with Gasteiger partial charge in [-0.25, -0.2) is 4.79 Å². The number of aliphatic hydroxyl groups excluding tert-OH is 1. The minimum Gasteiger partial charge on any atom is -0.490 e. The number of nitrogens with one attached hydrogen (secondary N) is 1. The summed E-state index contributed by atoms with van der Waals surface area (Å²) in [6.45, 7) is 1.69. The van der Waals surface area contributed by atoms with Gasteiger partial charge in [0.15, 0.2) is 0 Å². The Hall–Kier alpha value is -3.38. The van der Waals surface area contributed by atoms with Crippen LogP contribution in [-0.2, 0) is 10.3 Å². The normalized spacial score (nSPS) is 19.7. The van der Waals surface area contributed by atoms with Gasteiger partial charge < -0.3 is 15.2 Å². The van der Waals surface area contributed by atoms with E-state index in [1.165, 1.54) is 0 Å². The number of hydrogen-bond donors (Lipinski definition) is 2. The van der Waals surface area contributed by atoms with Crippen LogP contribution in [0.3, 0.4) is 0 Å². The summed E-state index contributed by atoms with van der Waals surface area (Å²) in [6, 6.07) is 22.2. The first-order valence-corrected chi connectivity index (χ1v) is 10.0. The molecule has 6 nitrogen and oxygen atoms in total. The number of benzene rings is 3. The fourth-order valence-electron chi connectivity index (χ4n) is 3.92. The molecule has 0 spiro atoms. The van der Waals surface area contributed by atoms with Crippen LogP contribution in [0.1, 0.15) is 18.9 Å². The third kappa shape index (κ3) is 3.50. The van der Waals surface area contributed by atoms with Crippen LogP contribution in [0.4, 0.5) is 4.79 Å². The highest BCUT2D eigenvalue weighted by Crippen LogP contribution is 2.32. The first kappa shape index (κ1) is 19.9. The highest BCUT2D eigenvalue weighted by molar-refractivity contribution is 6.07. The monoisotopic (exact) mass is 404 g/mol.